The van der Waals surface area contributed by atoms with E-state index in [-0.39, 0.29) is 12.5 Å². The monoisotopic (exact) mass is 1070 g/mol. The zero-order chi connectivity index (χ0) is 54.8. The summed E-state index contributed by atoms with van der Waals surface area (Å²) in [4.78, 5) is 12.5. The zero-order valence-corrected chi connectivity index (χ0v) is 52.1. The third-order valence-corrected chi connectivity index (χ3v) is 16.6. The van der Waals surface area contributed by atoms with Gasteiger partial charge in [-0.25, -0.2) is 0 Å². The van der Waals surface area contributed by atoms with Crippen LogP contribution in [-0.2, 0) is 4.79 Å². The van der Waals surface area contributed by atoms with Gasteiger partial charge in [0.1, 0.15) is 0 Å². The highest BCUT2D eigenvalue weighted by Crippen LogP contribution is 2.19. The van der Waals surface area contributed by atoms with Crippen molar-refractivity contribution < 1.29 is 15.0 Å². The number of hydrogen-bond donors (Lipinski definition) is 3. The Balaban J connectivity index is 3.46. The summed E-state index contributed by atoms with van der Waals surface area (Å²) in [5.41, 5.74) is 0. The van der Waals surface area contributed by atoms with Gasteiger partial charge >= 0.3 is 0 Å². The number of aliphatic hydroxyl groups excluding tert-OH is 2. The van der Waals surface area contributed by atoms with E-state index in [2.05, 4.69) is 43.5 Å². The van der Waals surface area contributed by atoms with Crippen LogP contribution in [0.25, 0.3) is 0 Å². The number of nitrogens with one attached hydrogen (secondary N) is 1. The lowest BCUT2D eigenvalue weighted by Gasteiger charge is -2.19. The first-order valence-electron chi connectivity index (χ1n) is 35.2. The third-order valence-electron chi connectivity index (χ3n) is 16.6. The minimum absolute atomic E-state index is 0.0693. The highest BCUT2D eigenvalue weighted by Gasteiger charge is 2.18. The molecule has 1 amide bonds. The SMILES string of the molecule is CCCCCCCCCCCCCCCCCCCCCCC/C=C/CC/C=C/CC/C=C/C(O)C(CO)NC(=O)CCCCCCCCCCCCCCCCCCCCCCCCCCCCCCCCCCC. The quantitative estimate of drug-likeness (QED) is 0.0420. The number of amides is 1. The van der Waals surface area contributed by atoms with Crippen LogP contribution in [0.5, 0.6) is 0 Å². The van der Waals surface area contributed by atoms with Crippen molar-refractivity contribution in [2.75, 3.05) is 6.61 Å². The fourth-order valence-electron chi connectivity index (χ4n) is 11.3. The predicted octanol–water partition coefficient (Wildman–Crippen LogP) is 23.9. The van der Waals surface area contributed by atoms with Crippen LogP contribution in [0.3, 0.4) is 0 Å². The van der Waals surface area contributed by atoms with E-state index in [9.17, 15) is 15.0 Å². The summed E-state index contributed by atoms with van der Waals surface area (Å²) in [6, 6.07) is -0.646. The van der Waals surface area contributed by atoms with Crippen LogP contribution >= 0.6 is 0 Å². The van der Waals surface area contributed by atoms with Gasteiger partial charge in [0.25, 0.3) is 0 Å². The summed E-state index contributed by atoms with van der Waals surface area (Å²) in [6.07, 6.45) is 93.9. The molecule has 0 aliphatic carbocycles. The molecule has 0 spiro atoms. The first-order chi connectivity index (χ1) is 37.7. The van der Waals surface area contributed by atoms with Gasteiger partial charge in [0.2, 0.25) is 5.91 Å². The molecule has 0 saturated carbocycles. The fourth-order valence-corrected chi connectivity index (χ4v) is 11.3. The number of hydrogen-bond acceptors (Lipinski definition) is 3. The van der Waals surface area contributed by atoms with Gasteiger partial charge in [0.15, 0.2) is 0 Å². The Hall–Kier alpha value is -1.39. The summed E-state index contributed by atoms with van der Waals surface area (Å²) in [5.74, 6) is -0.0693. The average Bonchev–Trinajstić information content (AvgIpc) is 3.42. The normalized spacial score (nSPS) is 12.8. The van der Waals surface area contributed by atoms with Crippen LogP contribution in [0.15, 0.2) is 36.5 Å². The molecular weight excluding hydrogens is 927 g/mol. The molecule has 76 heavy (non-hydrogen) atoms. The molecule has 0 aliphatic rings. The van der Waals surface area contributed by atoms with Crippen molar-refractivity contribution >= 4 is 5.91 Å². The lowest BCUT2D eigenvalue weighted by Crippen LogP contribution is -2.45. The van der Waals surface area contributed by atoms with Crippen LogP contribution in [0, 0.1) is 0 Å². The molecule has 0 rings (SSSR count). The molecule has 2 unspecified atom stereocenters. The van der Waals surface area contributed by atoms with Crippen LogP contribution < -0.4 is 5.32 Å². The van der Waals surface area contributed by atoms with E-state index >= 15 is 0 Å². The molecule has 0 aromatic heterocycles. The van der Waals surface area contributed by atoms with E-state index in [4.69, 9.17) is 0 Å². The molecule has 450 valence electrons. The average molecular weight is 1070 g/mol. The molecule has 3 N–H and O–H groups in total. The fraction of sp³-hybridized carbons (Fsp3) is 0.903. The molecule has 0 heterocycles. The smallest absolute Gasteiger partial charge is 0.220 e. The predicted molar refractivity (Wildman–Crippen MR) is 341 cm³/mol. The van der Waals surface area contributed by atoms with E-state index in [1.165, 1.54) is 340 Å². The van der Waals surface area contributed by atoms with Gasteiger partial charge in [0, 0.05) is 6.42 Å². The molecule has 2 atom stereocenters. The van der Waals surface area contributed by atoms with Gasteiger partial charge in [-0.3, -0.25) is 4.79 Å². The number of unbranched alkanes of at least 4 members (excludes halogenated alkanes) is 55. The highest BCUT2D eigenvalue weighted by atomic mass is 16.3. The summed E-state index contributed by atoms with van der Waals surface area (Å²) < 4.78 is 0. The number of rotatable bonds is 66. The van der Waals surface area contributed by atoms with Gasteiger partial charge in [-0.2, -0.15) is 0 Å². The minimum atomic E-state index is -0.871. The van der Waals surface area contributed by atoms with Gasteiger partial charge in [-0.05, 0) is 44.9 Å². The third kappa shape index (κ3) is 63.4. The maximum Gasteiger partial charge on any atom is 0.220 e. The Bertz CT molecular complexity index is 1160. The second-order valence-electron chi connectivity index (χ2n) is 24.3. The number of allylic oxidation sites excluding steroid dienone is 5. The first-order valence-corrected chi connectivity index (χ1v) is 35.2. The van der Waals surface area contributed by atoms with Gasteiger partial charge in [-0.1, -0.05) is 384 Å². The Morgan fingerprint density at radius 1 is 0.303 bits per heavy atom. The summed E-state index contributed by atoms with van der Waals surface area (Å²) in [6.45, 7) is 4.35. The minimum Gasteiger partial charge on any atom is -0.394 e. The molecule has 0 saturated heterocycles. The van der Waals surface area contributed by atoms with Crippen molar-refractivity contribution in [3.63, 3.8) is 0 Å². The van der Waals surface area contributed by atoms with E-state index < -0.39 is 12.1 Å². The summed E-state index contributed by atoms with van der Waals surface area (Å²) in [5, 5.41) is 23.3. The second kappa shape index (κ2) is 67.9. The van der Waals surface area contributed by atoms with Gasteiger partial charge in [-0.15, -0.1) is 0 Å². The van der Waals surface area contributed by atoms with Crippen molar-refractivity contribution in [1.82, 2.24) is 5.32 Å². The van der Waals surface area contributed by atoms with Crippen molar-refractivity contribution in [3.05, 3.63) is 36.5 Å². The van der Waals surface area contributed by atoms with Crippen LogP contribution in [0.2, 0.25) is 0 Å². The molecule has 4 nitrogen and oxygen atoms in total. The van der Waals surface area contributed by atoms with Crippen molar-refractivity contribution in [2.24, 2.45) is 0 Å². The van der Waals surface area contributed by atoms with E-state index in [1.807, 2.05) is 6.08 Å². The Labute approximate surface area is 478 Å². The maximum atomic E-state index is 12.5. The molecule has 0 fully saturated rings. The van der Waals surface area contributed by atoms with Gasteiger partial charge in [0.05, 0.1) is 18.8 Å². The summed E-state index contributed by atoms with van der Waals surface area (Å²) >= 11 is 0. The Kier molecular flexibility index (Phi) is 66.6. The second-order valence-corrected chi connectivity index (χ2v) is 24.3. The van der Waals surface area contributed by atoms with Crippen LogP contribution in [0.1, 0.15) is 399 Å². The molecule has 0 bridgehead atoms. The number of carbonyl (C=O) groups excluding carboxylic acids is 1. The first kappa shape index (κ1) is 74.6. The molecule has 0 aromatic carbocycles. The van der Waals surface area contributed by atoms with Crippen molar-refractivity contribution in [3.8, 4) is 0 Å². The van der Waals surface area contributed by atoms with Crippen molar-refractivity contribution in [1.29, 1.82) is 0 Å². The highest BCUT2D eigenvalue weighted by molar-refractivity contribution is 5.76. The Morgan fingerprint density at radius 3 is 0.763 bits per heavy atom. The number of carbonyl (C=O) groups is 1. The standard InChI is InChI=1S/C72H139NO3/c1-3-5-7-9-11-13-15-17-19-21-23-25-27-29-31-33-35-36-38-40-42-44-46-48-50-52-54-56-58-60-62-64-66-68-72(76)73-70(69-74)71(75)67-65-63-61-59-57-55-53-51-49-47-45-43-41-39-37-34-32-30-28-26-24-22-20-18-16-14-12-10-8-6-4-2/h49,51,57,59,65,67,70-71,74-75H,3-48,50,52-56,58,60-64,66,68-69H2,1-2H3,(H,73,76)/b51-49+,59-57+,67-65+. The van der Waals surface area contributed by atoms with E-state index in [0.29, 0.717) is 6.42 Å². The molecule has 0 radical (unpaired) electrons. The number of aliphatic hydroxyl groups is 2. The van der Waals surface area contributed by atoms with Crippen LogP contribution in [-0.4, -0.2) is 34.9 Å². The van der Waals surface area contributed by atoms with E-state index in [0.717, 1.165) is 38.5 Å². The van der Waals surface area contributed by atoms with Crippen LogP contribution in [0.4, 0.5) is 0 Å². The van der Waals surface area contributed by atoms with Gasteiger partial charge < -0.3 is 15.5 Å². The topological polar surface area (TPSA) is 69.6 Å². The molecular formula is C72H139NO3. The summed E-state index contributed by atoms with van der Waals surface area (Å²) in [7, 11) is 0. The maximum absolute atomic E-state index is 12.5. The lowest BCUT2D eigenvalue weighted by atomic mass is 10.0. The lowest BCUT2D eigenvalue weighted by molar-refractivity contribution is -0.123. The van der Waals surface area contributed by atoms with E-state index in [1.54, 1.807) is 6.08 Å². The molecule has 0 aromatic rings. The molecule has 0 aliphatic heterocycles. The molecule has 4 heteroatoms. The van der Waals surface area contributed by atoms with Crippen molar-refractivity contribution in [2.45, 2.75) is 411 Å². The Morgan fingerprint density at radius 2 is 0.513 bits per heavy atom. The largest absolute Gasteiger partial charge is 0.394 e. The zero-order valence-electron chi connectivity index (χ0n) is 52.1.